The molecule has 1 rings (SSSR count). The van der Waals surface area contributed by atoms with Crippen molar-refractivity contribution in [2.24, 2.45) is 11.8 Å². The molecule has 4 atom stereocenters. The van der Waals surface area contributed by atoms with Crippen LogP contribution in [0.4, 0.5) is 0 Å². The predicted molar refractivity (Wildman–Crippen MR) is 70.2 cm³/mol. The largest absolute Gasteiger partial charge is 0.391 e. The molecule has 1 fully saturated rings. The van der Waals surface area contributed by atoms with E-state index in [9.17, 15) is 5.11 Å². The monoisotopic (exact) mass is 224 g/mol. The summed E-state index contributed by atoms with van der Waals surface area (Å²) in [6.07, 6.45) is 1.52. The summed E-state index contributed by atoms with van der Waals surface area (Å²) < 4.78 is 6.08. The first-order chi connectivity index (χ1) is 7.34. The molecule has 0 aromatic carbocycles. The number of rotatable bonds is 4. The van der Waals surface area contributed by atoms with Gasteiger partial charge in [-0.3, -0.25) is 0 Å². The Morgan fingerprint density at radius 2 is 2.12 bits per heavy atom. The third-order valence-corrected chi connectivity index (χ3v) is 3.69. The van der Waals surface area contributed by atoms with Crippen molar-refractivity contribution in [1.82, 2.24) is 0 Å². The Labute approximate surface area is 100 Å². The van der Waals surface area contributed by atoms with Gasteiger partial charge in [-0.1, -0.05) is 32.9 Å². The number of hydrogen-bond donors (Lipinski definition) is 1. The number of ether oxygens (including phenoxy) is 1. The Morgan fingerprint density at radius 1 is 1.56 bits per heavy atom. The van der Waals surface area contributed by atoms with Crippen LogP contribution in [0.5, 0.6) is 0 Å². The zero-order valence-corrected chi connectivity index (χ0v) is 11.3. The zero-order chi connectivity index (χ0) is 12.5. The second-order valence-corrected chi connectivity index (χ2v) is 5.65. The molecule has 2 nitrogen and oxygen atoms in total. The fraction of sp³-hybridized carbons (Fsp3) is 0.846. The molecule has 0 bridgehead atoms. The van der Waals surface area contributed by atoms with Gasteiger partial charge in [0.15, 0.2) is 0 Å². The standard InChI is InChI=1S/C13H25BO2/c1-6-13(7-8(2)3)10(9(4)5)11(15)12(14)16-13/h8,10-12,15H,4,6-7,14H2,1-3,5H3. The van der Waals surface area contributed by atoms with Crippen LogP contribution in [0.15, 0.2) is 12.2 Å². The molecule has 1 saturated heterocycles. The first kappa shape index (κ1) is 13.8. The van der Waals surface area contributed by atoms with Gasteiger partial charge in [0.25, 0.3) is 0 Å². The number of aliphatic hydroxyl groups is 1. The minimum Gasteiger partial charge on any atom is -0.391 e. The molecule has 0 amide bonds. The highest BCUT2D eigenvalue weighted by Crippen LogP contribution is 2.45. The van der Waals surface area contributed by atoms with Crippen LogP contribution in [0.25, 0.3) is 0 Å². The topological polar surface area (TPSA) is 29.5 Å². The van der Waals surface area contributed by atoms with E-state index in [1.54, 1.807) is 0 Å². The minimum atomic E-state index is -0.406. The molecular formula is C13H25BO2. The van der Waals surface area contributed by atoms with Crippen LogP contribution in [0.2, 0.25) is 0 Å². The van der Waals surface area contributed by atoms with Crippen LogP contribution in [-0.2, 0) is 4.74 Å². The number of hydrogen-bond acceptors (Lipinski definition) is 2. The van der Waals surface area contributed by atoms with Gasteiger partial charge in [-0.25, -0.2) is 0 Å². The van der Waals surface area contributed by atoms with Gasteiger partial charge in [0.05, 0.1) is 17.7 Å². The SMILES string of the molecule is BC1OC(CC)(CC(C)C)C(C(=C)C)C1O. The highest BCUT2D eigenvalue weighted by molar-refractivity contribution is 6.11. The van der Waals surface area contributed by atoms with Crippen LogP contribution in [0.3, 0.4) is 0 Å². The zero-order valence-electron chi connectivity index (χ0n) is 11.3. The molecule has 1 heterocycles. The molecule has 0 spiro atoms. The molecule has 1 N–H and O–H groups in total. The first-order valence-electron chi connectivity index (χ1n) is 6.35. The van der Waals surface area contributed by atoms with E-state index in [1.165, 1.54) is 0 Å². The van der Waals surface area contributed by atoms with Crippen LogP contribution in [0.1, 0.15) is 40.5 Å². The Hall–Kier alpha value is -0.275. The van der Waals surface area contributed by atoms with Crippen LogP contribution < -0.4 is 0 Å². The smallest absolute Gasteiger partial charge is 0.142 e. The van der Waals surface area contributed by atoms with E-state index in [0.29, 0.717) is 5.92 Å². The Morgan fingerprint density at radius 3 is 2.50 bits per heavy atom. The van der Waals surface area contributed by atoms with Crippen LogP contribution in [-0.4, -0.2) is 30.7 Å². The van der Waals surface area contributed by atoms with E-state index >= 15 is 0 Å². The molecule has 0 saturated carbocycles. The molecule has 0 aromatic heterocycles. The average molecular weight is 224 g/mol. The molecular weight excluding hydrogens is 199 g/mol. The van der Waals surface area contributed by atoms with E-state index in [0.717, 1.165) is 18.4 Å². The maximum atomic E-state index is 10.2. The van der Waals surface area contributed by atoms with Gasteiger partial charge in [-0.15, -0.1) is 0 Å². The Balaban J connectivity index is 3.01. The summed E-state index contributed by atoms with van der Waals surface area (Å²) in [5.41, 5.74) is 0.832. The van der Waals surface area contributed by atoms with E-state index in [1.807, 2.05) is 14.8 Å². The molecule has 0 radical (unpaired) electrons. The summed E-state index contributed by atoms with van der Waals surface area (Å²) in [6.45, 7) is 12.6. The summed E-state index contributed by atoms with van der Waals surface area (Å²) in [5, 5.41) is 10.2. The van der Waals surface area contributed by atoms with E-state index in [2.05, 4.69) is 27.4 Å². The average Bonchev–Trinajstić information content (AvgIpc) is 2.38. The van der Waals surface area contributed by atoms with Gasteiger partial charge in [-0.2, -0.15) is 0 Å². The van der Waals surface area contributed by atoms with Crippen molar-refractivity contribution < 1.29 is 9.84 Å². The Kier molecular flexibility index (Phi) is 4.25. The fourth-order valence-corrected chi connectivity index (χ4v) is 3.15. The molecule has 4 unspecified atom stereocenters. The van der Waals surface area contributed by atoms with Crippen molar-refractivity contribution in [3.05, 3.63) is 12.2 Å². The van der Waals surface area contributed by atoms with E-state index in [4.69, 9.17) is 4.74 Å². The highest BCUT2D eigenvalue weighted by Gasteiger charge is 2.51. The van der Waals surface area contributed by atoms with Gasteiger partial charge in [0.2, 0.25) is 0 Å². The summed E-state index contributed by atoms with van der Waals surface area (Å²) in [5.74, 6) is 0.647. The van der Waals surface area contributed by atoms with Gasteiger partial charge in [0, 0.05) is 5.92 Å². The Bertz CT molecular complexity index is 261. The van der Waals surface area contributed by atoms with Crippen molar-refractivity contribution in [3.8, 4) is 0 Å². The molecule has 0 aromatic rings. The third-order valence-electron chi connectivity index (χ3n) is 3.69. The maximum absolute atomic E-state index is 10.2. The summed E-state index contributed by atoms with van der Waals surface area (Å²) in [4.78, 5) is 0. The maximum Gasteiger partial charge on any atom is 0.142 e. The summed E-state index contributed by atoms with van der Waals surface area (Å²) >= 11 is 0. The lowest BCUT2D eigenvalue weighted by Gasteiger charge is -2.36. The second kappa shape index (κ2) is 4.93. The molecule has 92 valence electrons. The molecule has 0 aliphatic carbocycles. The van der Waals surface area contributed by atoms with Crippen molar-refractivity contribution >= 4 is 7.85 Å². The molecule has 3 heteroatoms. The summed E-state index contributed by atoms with van der Waals surface area (Å²) in [7, 11) is 1.96. The van der Waals surface area contributed by atoms with Crippen LogP contribution >= 0.6 is 0 Å². The summed E-state index contributed by atoms with van der Waals surface area (Å²) in [6, 6.07) is -0.0830. The van der Waals surface area contributed by atoms with Gasteiger partial charge in [-0.05, 0) is 25.7 Å². The van der Waals surface area contributed by atoms with Crippen molar-refractivity contribution in [1.29, 1.82) is 0 Å². The van der Waals surface area contributed by atoms with Gasteiger partial charge >= 0.3 is 0 Å². The van der Waals surface area contributed by atoms with Crippen LogP contribution in [0, 0.1) is 11.8 Å². The van der Waals surface area contributed by atoms with Crippen molar-refractivity contribution in [3.63, 3.8) is 0 Å². The highest BCUT2D eigenvalue weighted by atomic mass is 16.5. The lowest BCUT2D eigenvalue weighted by molar-refractivity contribution is -0.0461. The molecule has 1 aliphatic heterocycles. The minimum absolute atomic E-state index is 0.0786. The first-order valence-corrected chi connectivity index (χ1v) is 6.35. The lowest BCUT2D eigenvalue weighted by atomic mass is 9.73. The predicted octanol–water partition coefficient (Wildman–Crippen LogP) is 1.72. The molecule has 1 aliphatic rings. The van der Waals surface area contributed by atoms with Crippen molar-refractivity contribution in [2.45, 2.75) is 58.2 Å². The quantitative estimate of drug-likeness (QED) is 0.582. The lowest BCUT2D eigenvalue weighted by Crippen LogP contribution is -2.39. The van der Waals surface area contributed by atoms with Gasteiger partial charge < -0.3 is 9.84 Å². The fourth-order valence-electron chi connectivity index (χ4n) is 3.15. The normalized spacial score (nSPS) is 39.2. The van der Waals surface area contributed by atoms with Gasteiger partial charge in [0.1, 0.15) is 7.85 Å². The van der Waals surface area contributed by atoms with Crippen molar-refractivity contribution in [2.75, 3.05) is 0 Å². The van der Waals surface area contributed by atoms with E-state index in [-0.39, 0.29) is 17.5 Å². The second-order valence-electron chi connectivity index (χ2n) is 5.65. The molecule has 16 heavy (non-hydrogen) atoms. The van der Waals surface area contributed by atoms with E-state index < -0.39 is 6.10 Å². The third kappa shape index (κ3) is 2.35. The number of aliphatic hydroxyl groups excluding tert-OH is 1.